The summed E-state index contributed by atoms with van der Waals surface area (Å²) in [4.78, 5) is 12.3. The number of furan rings is 1. The fraction of sp³-hybridized carbons (Fsp3) is 0.238. The summed E-state index contributed by atoms with van der Waals surface area (Å²) >= 11 is 0. The molecule has 6 heteroatoms. The van der Waals surface area contributed by atoms with Gasteiger partial charge in [-0.1, -0.05) is 12.1 Å². The van der Waals surface area contributed by atoms with E-state index in [4.69, 9.17) is 13.9 Å². The van der Waals surface area contributed by atoms with Gasteiger partial charge >= 0.3 is 0 Å². The average Bonchev–Trinajstić information content (AvgIpc) is 3.30. The maximum atomic E-state index is 12.3. The Hall–Kier alpha value is -3.28. The molecule has 0 bridgehead atoms. The number of carbonyl (C=O) groups is 1. The summed E-state index contributed by atoms with van der Waals surface area (Å²) in [6.07, 6.45) is 4.74. The minimum atomic E-state index is -0.101. The van der Waals surface area contributed by atoms with Crippen molar-refractivity contribution >= 4 is 11.9 Å². The lowest BCUT2D eigenvalue weighted by Gasteiger charge is -2.08. The van der Waals surface area contributed by atoms with Gasteiger partial charge in [0, 0.05) is 12.2 Å². The quantitative estimate of drug-likeness (QED) is 0.439. The summed E-state index contributed by atoms with van der Waals surface area (Å²) < 4.78 is 18.5. The van der Waals surface area contributed by atoms with E-state index in [1.807, 2.05) is 44.2 Å². The van der Waals surface area contributed by atoms with Crippen LogP contribution in [0.25, 0.3) is 6.08 Å². The Labute approximate surface area is 158 Å². The maximum Gasteiger partial charge on any atom is 0.189 e. The highest BCUT2D eigenvalue weighted by molar-refractivity contribution is 6.07. The average molecular weight is 366 g/mol. The van der Waals surface area contributed by atoms with Crippen molar-refractivity contribution in [2.45, 2.75) is 27.0 Å². The number of methoxy groups -OCH3 is 1. The van der Waals surface area contributed by atoms with Crippen molar-refractivity contribution < 1.29 is 18.7 Å². The normalized spacial score (nSPS) is 11.1. The number of allylic oxidation sites excluding steroid dienone is 1. The van der Waals surface area contributed by atoms with Gasteiger partial charge in [-0.2, -0.15) is 5.10 Å². The van der Waals surface area contributed by atoms with E-state index in [0.717, 1.165) is 12.2 Å². The lowest BCUT2D eigenvalue weighted by molar-refractivity contribution is 0.104. The Morgan fingerprint density at radius 1 is 1.22 bits per heavy atom. The highest BCUT2D eigenvalue weighted by atomic mass is 16.5. The van der Waals surface area contributed by atoms with Gasteiger partial charge in [-0.25, -0.2) is 0 Å². The van der Waals surface area contributed by atoms with Crippen LogP contribution in [0, 0.1) is 6.92 Å². The SMILES string of the molecule is CCn1ncc(C(=O)/C=C/c2ccc(COc3ccccc3OC)o2)c1C. The molecule has 2 aromatic heterocycles. The van der Waals surface area contributed by atoms with Gasteiger partial charge < -0.3 is 13.9 Å². The van der Waals surface area contributed by atoms with E-state index < -0.39 is 0 Å². The van der Waals surface area contributed by atoms with Gasteiger partial charge in [-0.3, -0.25) is 9.48 Å². The Kier molecular flexibility index (Phi) is 5.76. The Morgan fingerprint density at radius 2 is 2.00 bits per heavy atom. The third-order valence-electron chi connectivity index (χ3n) is 4.19. The highest BCUT2D eigenvalue weighted by Crippen LogP contribution is 2.27. The van der Waals surface area contributed by atoms with Crippen molar-refractivity contribution in [1.82, 2.24) is 9.78 Å². The number of benzene rings is 1. The van der Waals surface area contributed by atoms with Crippen LogP contribution in [0.2, 0.25) is 0 Å². The van der Waals surface area contributed by atoms with E-state index in [-0.39, 0.29) is 12.4 Å². The van der Waals surface area contributed by atoms with Gasteiger partial charge in [0.05, 0.1) is 18.9 Å². The number of para-hydroxylation sites is 2. The second kappa shape index (κ2) is 8.40. The molecule has 0 saturated heterocycles. The monoisotopic (exact) mass is 366 g/mol. The summed E-state index contributed by atoms with van der Waals surface area (Å²) in [7, 11) is 1.60. The van der Waals surface area contributed by atoms with E-state index in [2.05, 4.69) is 5.10 Å². The number of ketones is 1. The first kappa shape index (κ1) is 18.5. The van der Waals surface area contributed by atoms with Gasteiger partial charge in [0.25, 0.3) is 0 Å². The molecule has 3 aromatic rings. The number of aromatic nitrogens is 2. The maximum absolute atomic E-state index is 12.3. The van der Waals surface area contributed by atoms with Crippen LogP contribution < -0.4 is 9.47 Å². The fourth-order valence-corrected chi connectivity index (χ4v) is 2.70. The fourth-order valence-electron chi connectivity index (χ4n) is 2.70. The van der Waals surface area contributed by atoms with Gasteiger partial charge in [-0.15, -0.1) is 0 Å². The molecular weight excluding hydrogens is 344 g/mol. The Bertz CT molecular complexity index is 953. The Balaban J connectivity index is 1.62. The Morgan fingerprint density at radius 3 is 2.70 bits per heavy atom. The first-order valence-electron chi connectivity index (χ1n) is 8.71. The second-order valence-electron chi connectivity index (χ2n) is 5.90. The molecule has 140 valence electrons. The minimum Gasteiger partial charge on any atom is -0.493 e. The van der Waals surface area contributed by atoms with Crippen LogP contribution in [0.1, 0.15) is 34.5 Å². The topological polar surface area (TPSA) is 66.5 Å². The van der Waals surface area contributed by atoms with Crippen molar-refractivity contribution in [2.24, 2.45) is 0 Å². The highest BCUT2D eigenvalue weighted by Gasteiger charge is 2.11. The predicted molar refractivity (Wildman–Crippen MR) is 102 cm³/mol. The molecule has 27 heavy (non-hydrogen) atoms. The van der Waals surface area contributed by atoms with Crippen LogP contribution in [0.5, 0.6) is 11.5 Å². The zero-order chi connectivity index (χ0) is 19.2. The van der Waals surface area contributed by atoms with E-state index in [1.54, 1.807) is 30.1 Å². The number of ether oxygens (including phenoxy) is 2. The van der Waals surface area contributed by atoms with Gasteiger partial charge in [0.15, 0.2) is 17.3 Å². The zero-order valence-corrected chi connectivity index (χ0v) is 15.6. The molecule has 6 nitrogen and oxygen atoms in total. The van der Waals surface area contributed by atoms with E-state index >= 15 is 0 Å². The van der Waals surface area contributed by atoms with Crippen molar-refractivity contribution in [3.05, 3.63) is 71.4 Å². The van der Waals surface area contributed by atoms with Crippen LogP contribution in [-0.2, 0) is 13.2 Å². The smallest absolute Gasteiger partial charge is 0.189 e. The molecule has 0 spiro atoms. The van der Waals surface area contributed by atoms with Crippen molar-refractivity contribution in [3.63, 3.8) is 0 Å². The largest absolute Gasteiger partial charge is 0.493 e. The van der Waals surface area contributed by atoms with Crippen LogP contribution in [-0.4, -0.2) is 22.7 Å². The lowest BCUT2D eigenvalue weighted by Crippen LogP contribution is -2.01. The minimum absolute atomic E-state index is 0.101. The molecule has 0 atom stereocenters. The molecule has 0 saturated carbocycles. The van der Waals surface area contributed by atoms with Gasteiger partial charge in [-0.05, 0) is 50.3 Å². The van der Waals surface area contributed by atoms with Gasteiger partial charge in [0.1, 0.15) is 18.1 Å². The number of aryl methyl sites for hydroxylation is 1. The van der Waals surface area contributed by atoms with Crippen LogP contribution in [0.3, 0.4) is 0 Å². The molecule has 0 unspecified atom stereocenters. The standard InChI is InChI=1S/C21H22N2O4/c1-4-23-15(2)18(13-22-23)19(24)12-11-16-9-10-17(27-16)14-26-21-8-6-5-7-20(21)25-3/h5-13H,4,14H2,1-3H3/b12-11+. The number of nitrogens with zero attached hydrogens (tertiary/aromatic N) is 2. The van der Waals surface area contributed by atoms with Crippen molar-refractivity contribution in [2.75, 3.05) is 7.11 Å². The van der Waals surface area contributed by atoms with Crippen LogP contribution >= 0.6 is 0 Å². The summed E-state index contributed by atoms with van der Waals surface area (Å²) in [6, 6.07) is 11.0. The number of hydrogen-bond donors (Lipinski definition) is 0. The number of hydrogen-bond acceptors (Lipinski definition) is 5. The molecule has 0 fully saturated rings. The molecule has 3 rings (SSSR count). The van der Waals surface area contributed by atoms with Crippen molar-refractivity contribution in [1.29, 1.82) is 0 Å². The molecular formula is C21H22N2O4. The van der Waals surface area contributed by atoms with Gasteiger partial charge in [0.2, 0.25) is 0 Å². The van der Waals surface area contributed by atoms with Crippen molar-refractivity contribution in [3.8, 4) is 11.5 Å². The summed E-state index contributed by atoms with van der Waals surface area (Å²) in [5.41, 5.74) is 1.46. The molecule has 2 heterocycles. The number of rotatable bonds is 8. The number of carbonyl (C=O) groups excluding carboxylic acids is 1. The molecule has 0 aliphatic heterocycles. The predicted octanol–water partition coefficient (Wildman–Crippen LogP) is 4.29. The zero-order valence-electron chi connectivity index (χ0n) is 15.6. The second-order valence-corrected chi connectivity index (χ2v) is 5.90. The van der Waals surface area contributed by atoms with Crippen LogP contribution in [0.15, 0.2) is 53.1 Å². The summed E-state index contributed by atoms with van der Waals surface area (Å²) in [6.45, 7) is 4.88. The van der Waals surface area contributed by atoms with E-state index in [0.29, 0.717) is 28.6 Å². The molecule has 0 aliphatic carbocycles. The first-order chi connectivity index (χ1) is 13.1. The molecule has 0 amide bonds. The molecule has 1 aromatic carbocycles. The summed E-state index contributed by atoms with van der Waals surface area (Å²) in [5.74, 6) is 2.45. The molecule has 0 N–H and O–H groups in total. The third kappa shape index (κ3) is 4.28. The molecule has 0 aliphatic rings. The first-order valence-corrected chi connectivity index (χ1v) is 8.71. The summed E-state index contributed by atoms with van der Waals surface area (Å²) in [5, 5.41) is 4.19. The molecule has 0 radical (unpaired) electrons. The third-order valence-corrected chi connectivity index (χ3v) is 4.19. The van der Waals surface area contributed by atoms with Crippen LogP contribution in [0.4, 0.5) is 0 Å². The lowest BCUT2D eigenvalue weighted by atomic mass is 10.1. The van der Waals surface area contributed by atoms with E-state index in [1.165, 1.54) is 6.08 Å². The van der Waals surface area contributed by atoms with E-state index in [9.17, 15) is 4.79 Å².